The second-order valence-electron chi connectivity index (χ2n) is 8.28. The molecule has 4 aromatic rings. The molecule has 34 heavy (non-hydrogen) atoms. The van der Waals surface area contributed by atoms with Gasteiger partial charge in [0, 0.05) is 29.6 Å². The molecule has 1 aliphatic heterocycles. The highest BCUT2D eigenvalue weighted by Gasteiger charge is 2.32. The third kappa shape index (κ3) is 4.74. The minimum absolute atomic E-state index is 0.0668. The van der Waals surface area contributed by atoms with Crippen molar-refractivity contribution in [2.45, 2.75) is 38.6 Å². The number of likely N-dealkylation sites (tertiary alicyclic amines) is 1. The molecule has 0 saturated carbocycles. The third-order valence-electron chi connectivity index (χ3n) is 5.90. The zero-order valence-electron chi connectivity index (χ0n) is 18.5. The van der Waals surface area contributed by atoms with Gasteiger partial charge in [0.25, 0.3) is 5.91 Å². The number of hydrogen-bond donors (Lipinski definition) is 0. The number of halogens is 2. The Morgan fingerprint density at radius 1 is 1.12 bits per heavy atom. The van der Waals surface area contributed by atoms with Crippen LogP contribution in [-0.4, -0.2) is 38.6 Å². The SMILES string of the molecule is Cc1nc(C(=O)N2CCCCC2Cc2nnc(-c3ccc(Cl)cc3)o2)c(-c2ccc(F)cc2)s1. The van der Waals surface area contributed by atoms with Gasteiger partial charge >= 0.3 is 0 Å². The quantitative estimate of drug-likeness (QED) is 0.329. The number of carbonyl (C=O) groups excluding carboxylic acids is 1. The van der Waals surface area contributed by atoms with Crippen molar-refractivity contribution < 1.29 is 13.6 Å². The zero-order valence-corrected chi connectivity index (χ0v) is 20.1. The number of nitrogens with zero attached hydrogens (tertiary/aromatic N) is 4. The van der Waals surface area contributed by atoms with Crippen molar-refractivity contribution in [3.05, 3.63) is 76.0 Å². The van der Waals surface area contributed by atoms with Crippen molar-refractivity contribution >= 4 is 28.8 Å². The standard InChI is InChI=1S/C25H22ClFN4O2S/c1-15-28-22(23(34-15)16-7-11-19(27)12-8-16)25(32)31-13-3-2-4-20(31)14-21-29-30-24(33-21)17-5-9-18(26)10-6-17/h5-12,20H,2-4,13-14H2,1H3. The Hall–Kier alpha value is -3.10. The van der Waals surface area contributed by atoms with Gasteiger partial charge in [-0.05, 0) is 68.1 Å². The molecule has 0 bridgehead atoms. The van der Waals surface area contributed by atoms with Crippen LogP contribution in [0.25, 0.3) is 21.9 Å². The number of aromatic nitrogens is 3. The predicted octanol–water partition coefficient (Wildman–Crippen LogP) is 6.20. The lowest BCUT2D eigenvalue weighted by Gasteiger charge is -2.35. The van der Waals surface area contributed by atoms with Gasteiger partial charge in [0.15, 0.2) is 0 Å². The maximum absolute atomic E-state index is 13.7. The first-order valence-corrected chi connectivity index (χ1v) is 12.3. The molecular weight excluding hydrogens is 475 g/mol. The molecule has 2 aromatic carbocycles. The summed E-state index contributed by atoms with van der Waals surface area (Å²) in [5.41, 5.74) is 1.99. The van der Waals surface area contributed by atoms with Crippen molar-refractivity contribution in [3.8, 4) is 21.9 Å². The first-order valence-electron chi connectivity index (χ1n) is 11.1. The smallest absolute Gasteiger partial charge is 0.274 e. The number of amides is 1. The van der Waals surface area contributed by atoms with Gasteiger partial charge in [-0.2, -0.15) is 0 Å². The van der Waals surface area contributed by atoms with Crippen molar-refractivity contribution in [3.63, 3.8) is 0 Å². The largest absolute Gasteiger partial charge is 0.421 e. The molecular formula is C25H22ClFN4O2S. The lowest BCUT2D eigenvalue weighted by molar-refractivity contribution is 0.0601. The molecule has 1 fully saturated rings. The first-order chi connectivity index (χ1) is 16.5. The Morgan fingerprint density at radius 2 is 1.85 bits per heavy atom. The van der Waals surface area contributed by atoms with E-state index >= 15 is 0 Å². The number of piperidine rings is 1. The Bertz CT molecular complexity index is 1300. The van der Waals surface area contributed by atoms with Gasteiger partial charge in [0.1, 0.15) is 11.5 Å². The molecule has 5 rings (SSSR count). The van der Waals surface area contributed by atoms with E-state index in [0.717, 1.165) is 40.3 Å². The Balaban J connectivity index is 1.38. The summed E-state index contributed by atoms with van der Waals surface area (Å²) < 4.78 is 19.3. The number of carbonyl (C=O) groups is 1. The highest BCUT2D eigenvalue weighted by molar-refractivity contribution is 7.15. The van der Waals surface area contributed by atoms with Crippen LogP contribution < -0.4 is 0 Å². The van der Waals surface area contributed by atoms with E-state index in [2.05, 4.69) is 15.2 Å². The van der Waals surface area contributed by atoms with Crippen molar-refractivity contribution in [1.29, 1.82) is 0 Å². The van der Waals surface area contributed by atoms with E-state index in [4.69, 9.17) is 16.0 Å². The lowest BCUT2D eigenvalue weighted by Crippen LogP contribution is -2.45. The first kappa shape index (κ1) is 22.7. The topological polar surface area (TPSA) is 72.1 Å². The van der Waals surface area contributed by atoms with Crippen LogP contribution in [0.5, 0.6) is 0 Å². The van der Waals surface area contributed by atoms with Crippen molar-refractivity contribution in [2.24, 2.45) is 0 Å². The molecule has 1 saturated heterocycles. The average molecular weight is 497 g/mol. The van der Waals surface area contributed by atoms with Gasteiger partial charge in [-0.15, -0.1) is 21.5 Å². The predicted molar refractivity (Wildman–Crippen MR) is 129 cm³/mol. The van der Waals surface area contributed by atoms with Gasteiger partial charge in [-0.1, -0.05) is 23.7 Å². The summed E-state index contributed by atoms with van der Waals surface area (Å²) in [5.74, 6) is 0.481. The van der Waals surface area contributed by atoms with E-state index in [1.807, 2.05) is 24.0 Å². The molecule has 3 heterocycles. The van der Waals surface area contributed by atoms with Gasteiger partial charge in [0.05, 0.1) is 9.88 Å². The van der Waals surface area contributed by atoms with Crippen LogP contribution in [0.1, 0.15) is 40.6 Å². The summed E-state index contributed by atoms with van der Waals surface area (Å²) in [6.07, 6.45) is 3.27. The van der Waals surface area contributed by atoms with Gasteiger partial charge in [-0.3, -0.25) is 4.79 Å². The van der Waals surface area contributed by atoms with Crippen LogP contribution >= 0.6 is 22.9 Å². The average Bonchev–Trinajstić information content (AvgIpc) is 3.47. The summed E-state index contributed by atoms with van der Waals surface area (Å²) in [6.45, 7) is 2.51. The molecule has 1 amide bonds. The molecule has 0 aliphatic carbocycles. The van der Waals surface area contributed by atoms with Crippen LogP contribution in [-0.2, 0) is 6.42 Å². The number of benzene rings is 2. The second-order valence-corrected chi connectivity index (χ2v) is 9.92. The summed E-state index contributed by atoms with van der Waals surface area (Å²) in [4.78, 5) is 20.8. The van der Waals surface area contributed by atoms with Crippen molar-refractivity contribution in [1.82, 2.24) is 20.1 Å². The molecule has 1 aliphatic rings. The highest BCUT2D eigenvalue weighted by Crippen LogP contribution is 2.33. The minimum Gasteiger partial charge on any atom is -0.421 e. The summed E-state index contributed by atoms with van der Waals surface area (Å²) in [5, 5.41) is 9.81. The molecule has 0 N–H and O–H groups in total. The van der Waals surface area contributed by atoms with Crippen LogP contribution in [0.15, 0.2) is 52.9 Å². The molecule has 0 radical (unpaired) electrons. The molecule has 1 atom stereocenters. The molecule has 1 unspecified atom stereocenters. The zero-order chi connectivity index (χ0) is 23.7. The Kier molecular flexibility index (Phi) is 6.43. The highest BCUT2D eigenvalue weighted by atomic mass is 35.5. The third-order valence-corrected chi connectivity index (χ3v) is 7.17. The molecule has 6 nitrogen and oxygen atoms in total. The fourth-order valence-corrected chi connectivity index (χ4v) is 5.27. The van der Waals surface area contributed by atoms with Crippen molar-refractivity contribution in [2.75, 3.05) is 6.54 Å². The Morgan fingerprint density at radius 3 is 2.62 bits per heavy atom. The Labute approximate surface area is 205 Å². The van der Waals surface area contributed by atoms with Crippen LogP contribution in [0.4, 0.5) is 4.39 Å². The number of rotatable bonds is 5. The second kappa shape index (κ2) is 9.64. The van der Waals surface area contributed by atoms with Crippen LogP contribution in [0.3, 0.4) is 0 Å². The van der Waals surface area contributed by atoms with Gasteiger partial charge < -0.3 is 9.32 Å². The number of thiazole rings is 1. The number of hydrogen-bond acceptors (Lipinski definition) is 6. The number of aryl methyl sites for hydroxylation is 1. The fourth-order valence-electron chi connectivity index (χ4n) is 4.23. The maximum atomic E-state index is 13.7. The fraction of sp³-hybridized carbons (Fsp3) is 0.280. The monoisotopic (exact) mass is 496 g/mol. The maximum Gasteiger partial charge on any atom is 0.274 e. The van der Waals surface area contributed by atoms with E-state index in [0.29, 0.717) is 35.5 Å². The summed E-state index contributed by atoms with van der Waals surface area (Å²) >= 11 is 7.40. The molecule has 2 aromatic heterocycles. The van der Waals surface area contributed by atoms with E-state index in [1.165, 1.54) is 23.5 Å². The molecule has 174 valence electrons. The van der Waals surface area contributed by atoms with Crippen LogP contribution in [0, 0.1) is 12.7 Å². The van der Waals surface area contributed by atoms with Gasteiger partial charge in [0.2, 0.25) is 11.8 Å². The molecule has 9 heteroatoms. The summed E-state index contributed by atoms with van der Waals surface area (Å²) in [6, 6.07) is 13.3. The molecule has 0 spiro atoms. The normalized spacial score (nSPS) is 16.1. The van der Waals surface area contributed by atoms with E-state index < -0.39 is 0 Å². The van der Waals surface area contributed by atoms with E-state index in [-0.39, 0.29) is 17.8 Å². The minimum atomic E-state index is -0.313. The van der Waals surface area contributed by atoms with E-state index in [1.54, 1.807) is 24.3 Å². The lowest BCUT2D eigenvalue weighted by atomic mass is 9.98. The van der Waals surface area contributed by atoms with E-state index in [9.17, 15) is 9.18 Å². The van der Waals surface area contributed by atoms with Crippen LogP contribution in [0.2, 0.25) is 5.02 Å². The van der Waals surface area contributed by atoms with Gasteiger partial charge in [-0.25, -0.2) is 9.37 Å². The summed E-state index contributed by atoms with van der Waals surface area (Å²) in [7, 11) is 0.